The third-order valence-electron chi connectivity index (χ3n) is 6.29. The number of nitrogens with zero attached hydrogens (tertiary/aromatic N) is 2. The Morgan fingerprint density at radius 3 is 2.29 bits per heavy atom. The predicted octanol–water partition coefficient (Wildman–Crippen LogP) is 3.63. The van der Waals surface area contributed by atoms with Crippen LogP contribution >= 0.6 is 0 Å². The van der Waals surface area contributed by atoms with E-state index >= 15 is 0 Å². The maximum absolute atomic E-state index is 13.8. The number of hydrogen-bond acceptors (Lipinski definition) is 8. The van der Waals surface area contributed by atoms with Gasteiger partial charge in [0.25, 0.3) is 0 Å². The molecule has 1 aliphatic heterocycles. The Hall–Kier alpha value is -4.12. The van der Waals surface area contributed by atoms with E-state index in [4.69, 9.17) is 14.6 Å². The van der Waals surface area contributed by atoms with E-state index in [-0.39, 0.29) is 11.3 Å². The summed E-state index contributed by atoms with van der Waals surface area (Å²) in [6, 6.07) is 14.6. The average Bonchev–Trinajstić information content (AvgIpc) is 3.37. The second kappa shape index (κ2) is 10.1. The number of rotatable bonds is 6. The highest BCUT2D eigenvalue weighted by Crippen LogP contribution is 2.42. The van der Waals surface area contributed by atoms with Gasteiger partial charge in [-0.25, -0.2) is 26.7 Å². The number of aromatic nitrogens is 2. The number of nitrogens with one attached hydrogen (secondary N) is 2. The number of benzene rings is 3. The lowest BCUT2D eigenvalue weighted by atomic mass is 10.1. The van der Waals surface area contributed by atoms with Crippen molar-refractivity contribution in [2.24, 2.45) is 5.14 Å². The molecule has 0 radical (unpaired) electrons. The van der Waals surface area contributed by atoms with Gasteiger partial charge in [0.15, 0.2) is 11.5 Å². The Morgan fingerprint density at radius 2 is 1.68 bits per heavy atom. The van der Waals surface area contributed by atoms with E-state index < -0.39 is 53.4 Å². The zero-order valence-corrected chi connectivity index (χ0v) is 22.9. The summed E-state index contributed by atoms with van der Waals surface area (Å²) in [5, 5.41) is 12.4. The number of halogens is 3. The summed E-state index contributed by atoms with van der Waals surface area (Å²) in [6.45, 7) is 0. The molecule has 1 aromatic heterocycles. The molecule has 1 aliphatic rings. The van der Waals surface area contributed by atoms with Crippen molar-refractivity contribution in [2.45, 2.75) is 22.1 Å². The van der Waals surface area contributed by atoms with Gasteiger partial charge in [0.1, 0.15) is 11.1 Å². The molecule has 2 heterocycles. The summed E-state index contributed by atoms with van der Waals surface area (Å²) in [5.41, 5.74) is -0.451. The highest BCUT2D eigenvalue weighted by Gasteiger charge is 2.41. The van der Waals surface area contributed by atoms with Gasteiger partial charge in [-0.05, 0) is 42.5 Å². The topological polar surface area (TPSA) is 155 Å². The van der Waals surface area contributed by atoms with Crippen molar-refractivity contribution in [3.63, 3.8) is 0 Å². The lowest BCUT2D eigenvalue weighted by Gasteiger charge is -2.29. The zero-order valence-electron chi connectivity index (χ0n) is 21.3. The molecule has 11 nitrogen and oxygen atoms in total. The van der Waals surface area contributed by atoms with Crippen LogP contribution in [-0.2, 0) is 26.2 Å². The summed E-state index contributed by atoms with van der Waals surface area (Å²) < 4.78 is 106. The molecule has 5 rings (SSSR count). The molecule has 0 saturated carbocycles. The van der Waals surface area contributed by atoms with Crippen molar-refractivity contribution in [1.29, 1.82) is 0 Å². The van der Waals surface area contributed by atoms with Crippen molar-refractivity contribution in [3.8, 4) is 28.4 Å². The molecule has 4 aromatic rings. The molecule has 0 fully saturated rings. The molecule has 16 heteroatoms. The van der Waals surface area contributed by atoms with Crippen molar-refractivity contribution in [1.82, 2.24) is 14.5 Å². The Bertz CT molecular complexity index is 1860. The number of sulfonamides is 2. The van der Waals surface area contributed by atoms with E-state index in [2.05, 4.69) is 15.1 Å². The van der Waals surface area contributed by atoms with Crippen LogP contribution in [-0.4, -0.2) is 40.8 Å². The monoisotopic (exact) mass is 609 g/mol. The van der Waals surface area contributed by atoms with Gasteiger partial charge in [0, 0.05) is 17.3 Å². The van der Waals surface area contributed by atoms with Gasteiger partial charge in [0.2, 0.25) is 20.0 Å². The van der Waals surface area contributed by atoms with Crippen LogP contribution in [0.1, 0.15) is 17.3 Å². The van der Waals surface area contributed by atoms with Crippen LogP contribution in [0, 0.1) is 0 Å². The van der Waals surface area contributed by atoms with Crippen molar-refractivity contribution in [2.75, 3.05) is 19.5 Å². The van der Waals surface area contributed by atoms with Crippen molar-refractivity contribution >= 4 is 25.7 Å². The Balaban J connectivity index is 1.70. The Morgan fingerprint density at radius 1 is 1.00 bits per heavy atom. The number of para-hydroxylation sites is 1. The fourth-order valence-corrected chi connectivity index (χ4v) is 6.56. The first-order chi connectivity index (χ1) is 19.2. The number of ether oxygens (including phenoxy) is 2. The van der Waals surface area contributed by atoms with E-state index in [9.17, 15) is 30.0 Å². The van der Waals surface area contributed by atoms with E-state index in [0.717, 1.165) is 0 Å². The summed E-state index contributed by atoms with van der Waals surface area (Å²) in [4.78, 5) is -2.08. The van der Waals surface area contributed by atoms with Crippen LogP contribution in [0.2, 0.25) is 0 Å². The Labute approximate surface area is 232 Å². The molecule has 1 unspecified atom stereocenters. The lowest BCUT2D eigenvalue weighted by Crippen LogP contribution is -2.39. The normalized spacial score (nSPS) is 16.5. The molecular formula is C25H22F3N5O6S2. The Kier molecular flexibility index (Phi) is 6.97. The van der Waals surface area contributed by atoms with Crippen LogP contribution in [0.4, 0.5) is 18.9 Å². The van der Waals surface area contributed by atoms with Crippen LogP contribution < -0.4 is 24.7 Å². The lowest BCUT2D eigenvalue weighted by molar-refractivity contribution is -0.139. The molecule has 216 valence electrons. The SMILES string of the molecule is COc1ccc(-c2nn(-c3ccccc3)cc2C2Nc3cc(C(F)(F)F)c(S(N)(=O)=O)cc3S(=O)(=O)N2)cc1OC. The molecular weight excluding hydrogens is 587 g/mol. The van der Waals surface area contributed by atoms with E-state index in [1.165, 1.54) is 25.1 Å². The molecule has 0 aliphatic carbocycles. The minimum Gasteiger partial charge on any atom is -0.493 e. The molecule has 3 aromatic carbocycles. The van der Waals surface area contributed by atoms with Crippen LogP contribution in [0.15, 0.2) is 76.7 Å². The minimum atomic E-state index is -5.15. The average molecular weight is 610 g/mol. The molecule has 0 spiro atoms. The zero-order chi connectivity index (χ0) is 29.7. The number of hydrogen-bond donors (Lipinski definition) is 3. The third kappa shape index (κ3) is 5.33. The van der Waals surface area contributed by atoms with Gasteiger partial charge in [-0.1, -0.05) is 18.2 Å². The van der Waals surface area contributed by atoms with Gasteiger partial charge in [0.05, 0.1) is 41.7 Å². The van der Waals surface area contributed by atoms with Gasteiger partial charge in [-0.3, -0.25) is 0 Å². The molecule has 41 heavy (non-hydrogen) atoms. The maximum atomic E-state index is 13.8. The van der Waals surface area contributed by atoms with E-state index in [1.54, 1.807) is 48.5 Å². The predicted molar refractivity (Wildman–Crippen MR) is 142 cm³/mol. The second-order valence-corrected chi connectivity index (χ2v) is 12.1. The van der Waals surface area contributed by atoms with Crippen molar-refractivity contribution < 1.29 is 39.5 Å². The molecule has 0 saturated heterocycles. The quantitative estimate of drug-likeness (QED) is 0.300. The van der Waals surface area contributed by atoms with Crippen LogP contribution in [0.5, 0.6) is 11.5 Å². The smallest absolute Gasteiger partial charge is 0.417 e. The number of fused-ring (bicyclic) bond motifs is 1. The van der Waals surface area contributed by atoms with Crippen LogP contribution in [0.25, 0.3) is 16.9 Å². The molecule has 0 bridgehead atoms. The standard InChI is InChI=1S/C25H22F3N5O6S2/c1-38-19-9-8-14(10-20(19)39-2)23-16(13-33(31-23)15-6-4-3-5-7-15)24-30-18-11-17(25(26,27)28)21(40(29,34)35)12-22(18)41(36,37)32-24/h3-13,24,30,32H,1-2H3,(H2,29,34,35). The number of methoxy groups -OCH3 is 2. The fraction of sp³-hybridized carbons (Fsp3) is 0.160. The summed E-state index contributed by atoms with van der Waals surface area (Å²) >= 11 is 0. The summed E-state index contributed by atoms with van der Waals surface area (Å²) in [7, 11) is -6.57. The van der Waals surface area contributed by atoms with E-state index in [0.29, 0.717) is 34.9 Å². The largest absolute Gasteiger partial charge is 0.493 e. The summed E-state index contributed by atoms with van der Waals surface area (Å²) in [5.74, 6) is 0.786. The number of nitrogens with two attached hydrogens (primary N) is 1. The number of alkyl halides is 3. The molecule has 4 N–H and O–H groups in total. The first kappa shape index (κ1) is 28.4. The van der Waals surface area contributed by atoms with Gasteiger partial charge >= 0.3 is 6.18 Å². The van der Waals surface area contributed by atoms with Crippen LogP contribution in [0.3, 0.4) is 0 Å². The summed E-state index contributed by atoms with van der Waals surface area (Å²) in [6.07, 6.45) is -4.93. The minimum absolute atomic E-state index is 0.249. The highest BCUT2D eigenvalue weighted by molar-refractivity contribution is 7.90. The van der Waals surface area contributed by atoms with Crippen molar-refractivity contribution in [3.05, 3.63) is 78.0 Å². The fourth-order valence-electron chi connectivity index (χ4n) is 4.42. The van der Waals surface area contributed by atoms with E-state index in [1.807, 2.05) is 0 Å². The number of primary sulfonamides is 1. The number of anilines is 1. The van der Waals surface area contributed by atoms with Gasteiger partial charge in [-0.15, -0.1) is 0 Å². The maximum Gasteiger partial charge on any atom is 0.417 e. The molecule has 0 amide bonds. The van der Waals surface area contributed by atoms with Gasteiger partial charge < -0.3 is 14.8 Å². The third-order valence-corrected chi connectivity index (χ3v) is 8.70. The first-order valence-corrected chi connectivity index (χ1v) is 14.7. The second-order valence-electron chi connectivity index (χ2n) is 8.87. The highest BCUT2D eigenvalue weighted by atomic mass is 32.2. The molecule has 1 atom stereocenters. The first-order valence-electron chi connectivity index (χ1n) is 11.7. The van der Waals surface area contributed by atoms with Gasteiger partial charge in [-0.2, -0.15) is 23.0 Å².